The summed E-state index contributed by atoms with van der Waals surface area (Å²) in [7, 11) is -3.69. The fourth-order valence-corrected chi connectivity index (χ4v) is 3.42. The fraction of sp³-hybridized carbons (Fsp3) is 0.188. The Morgan fingerprint density at radius 2 is 1.71 bits per heavy atom. The maximum Gasteiger partial charge on any atom is 0.240 e. The molecule has 24 heavy (non-hydrogen) atoms. The predicted molar refractivity (Wildman–Crippen MR) is 86.4 cm³/mol. The van der Waals surface area contributed by atoms with Crippen molar-refractivity contribution >= 4 is 27.5 Å². The number of aromatic nitrogens is 1. The van der Waals surface area contributed by atoms with Crippen LogP contribution >= 0.6 is 0 Å². The summed E-state index contributed by atoms with van der Waals surface area (Å²) in [6.45, 7) is 0.126. The molecule has 0 aliphatic carbocycles. The van der Waals surface area contributed by atoms with E-state index in [4.69, 9.17) is 0 Å². The van der Waals surface area contributed by atoms with E-state index in [0.29, 0.717) is 5.69 Å². The third-order valence-electron chi connectivity index (χ3n) is 3.65. The summed E-state index contributed by atoms with van der Waals surface area (Å²) in [5, 5.41) is 0. The first-order chi connectivity index (χ1) is 11.5. The number of hydrogen-bond donors (Lipinski definition) is 1. The minimum Gasteiger partial charge on any atom is -0.274 e. The Hall–Kier alpha value is -2.58. The van der Waals surface area contributed by atoms with Crippen LogP contribution in [0.25, 0.3) is 0 Å². The second-order valence-electron chi connectivity index (χ2n) is 5.30. The van der Waals surface area contributed by atoms with Gasteiger partial charge in [0.2, 0.25) is 21.8 Å². The number of carbonyl (C=O) groups is 2. The highest BCUT2D eigenvalue weighted by atomic mass is 32.2. The van der Waals surface area contributed by atoms with Gasteiger partial charge in [0, 0.05) is 31.8 Å². The molecule has 2 heterocycles. The van der Waals surface area contributed by atoms with E-state index in [9.17, 15) is 18.0 Å². The summed E-state index contributed by atoms with van der Waals surface area (Å²) in [6.07, 6.45) is 3.56. The number of rotatable bonds is 5. The molecule has 0 unspecified atom stereocenters. The van der Waals surface area contributed by atoms with Crippen LogP contribution < -0.4 is 9.62 Å². The lowest BCUT2D eigenvalue weighted by molar-refractivity contribution is -0.121. The van der Waals surface area contributed by atoms with Crippen molar-refractivity contribution in [2.45, 2.75) is 24.3 Å². The van der Waals surface area contributed by atoms with Gasteiger partial charge in [0.25, 0.3) is 0 Å². The molecular formula is C16H15N3O4S. The molecule has 0 radical (unpaired) electrons. The summed E-state index contributed by atoms with van der Waals surface area (Å²) in [5.74, 6) is -0.546. The number of benzene rings is 1. The number of anilines is 1. The van der Waals surface area contributed by atoms with Gasteiger partial charge in [-0.1, -0.05) is 6.07 Å². The van der Waals surface area contributed by atoms with E-state index < -0.39 is 10.0 Å². The van der Waals surface area contributed by atoms with E-state index in [1.54, 1.807) is 24.5 Å². The van der Waals surface area contributed by atoms with Crippen molar-refractivity contribution in [1.82, 2.24) is 9.71 Å². The van der Waals surface area contributed by atoms with Crippen LogP contribution in [0.15, 0.2) is 53.7 Å². The molecule has 1 aromatic heterocycles. The smallest absolute Gasteiger partial charge is 0.240 e. The summed E-state index contributed by atoms with van der Waals surface area (Å²) in [4.78, 5) is 28.5. The minimum atomic E-state index is -3.69. The third kappa shape index (κ3) is 3.34. The number of carbonyl (C=O) groups excluding carboxylic acids is 2. The van der Waals surface area contributed by atoms with E-state index >= 15 is 0 Å². The highest BCUT2D eigenvalue weighted by Crippen LogP contribution is 2.23. The van der Waals surface area contributed by atoms with Crippen LogP contribution in [0, 0.1) is 0 Å². The Kier molecular flexibility index (Phi) is 4.41. The van der Waals surface area contributed by atoms with Gasteiger partial charge in [-0.3, -0.25) is 19.5 Å². The average Bonchev–Trinajstić information content (AvgIpc) is 2.93. The van der Waals surface area contributed by atoms with Gasteiger partial charge < -0.3 is 0 Å². The summed E-state index contributed by atoms with van der Waals surface area (Å²) < 4.78 is 27.1. The standard InChI is InChI=1S/C16H15N3O4S/c20-15-7-8-16(21)19(15)13-3-5-14(6-4-13)24(22,23)18-11-12-2-1-9-17-10-12/h1-6,9-10,18H,7-8,11H2. The first kappa shape index (κ1) is 16.3. The van der Waals surface area contributed by atoms with Crippen LogP contribution in [0.5, 0.6) is 0 Å². The molecule has 124 valence electrons. The molecule has 1 aliphatic rings. The van der Waals surface area contributed by atoms with Crippen molar-refractivity contribution in [3.63, 3.8) is 0 Å². The van der Waals surface area contributed by atoms with Crippen LogP contribution in [0.1, 0.15) is 18.4 Å². The molecule has 2 amide bonds. The second kappa shape index (κ2) is 6.50. The van der Waals surface area contributed by atoms with Crippen molar-refractivity contribution in [1.29, 1.82) is 0 Å². The lowest BCUT2D eigenvalue weighted by Crippen LogP contribution is -2.28. The molecular weight excluding hydrogens is 330 g/mol. The molecule has 0 atom stereocenters. The van der Waals surface area contributed by atoms with Gasteiger partial charge in [0.05, 0.1) is 10.6 Å². The second-order valence-corrected chi connectivity index (χ2v) is 7.07. The molecule has 1 aromatic carbocycles. The SMILES string of the molecule is O=C1CCC(=O)N1c1ccc(S(=O)(=O)NCc2cccnc2)cc1. The zero-order valence-electron chi connectivity index (χ0n) is 12.7. The Morgan fingerprint density at radius 1 is 1.04 bits per heavy atom. The zero-order valence-corrected chi connectivity index (χ0v) is 13.5. The predicted octanol–water partition coefficient (Wildman–Crippen LogP) is 1.21. The average molecular weight is 345 g/mol. The van der Waals surface area contributed by atoms with Crippen LogP contribution in [-0.4, -0.2) is 25.2 Å². The van der Waals surface area contributed by atoms with Crippen LogP contribution in [-0.2, 0) is 26.2 Å². The van der Waals surface area contributed by atoms with Gasteiger partial charge in [-0.25, -0.2) is 13.1 Å². The molecule has 1 fully saturated rings. The third-order valence-corrected chi connectivity index (χ3v) is 5.06. The maximum atomic E-state index is 12.3. The first-order valence-corrected chi connectivity index (χ1v) is 8.80. The topological polar surface area (TPSA) is 96.4 Å². The van der Waals surface area contributed by atoms with Crippen LogP contribution in [0.4, 0.5) is 5.69 Å². The van der Waals surface area contributed by atoms with Crippen LogP contribution in [0.2, 0.25) is 0 Å². The summed E-state index contributed by atoms with van der Waals surface area (Å²) in [5.41, 5.74) is 1.12. The lowest BCUT2D eigenvalue weighted by atomic mass is 10.3. The Bertz CT molecular complexity index is 848. The van der Waals surface area contributed by atoms with Gasteiger partial charge in [0.1, 0.15) is 0 Å². The number of pyridine rings is 1. The van der Waals surface area contributed by atoms with Crippen LogP contribution in [0.3, 0.4) is 0 Å². The van der Waals surface area contributed by atoms with E-state index in [-0.39, 0.29) is 36.1 Å². The molecule has 8 heteroatoms. The van der Waals surface area contributed by atoms with Gasteiger partial charge in [-0.05, 0) is 35.9 Å². The highest BCUT2D eigenvalue weighted by molar-refractivity contribution is 7.89. The van der Waals surface area contributed by atoms with E-state index in [1.807, 2.05) is 0 Å². The van der Waals surface area contributed by atoms with Gasteiger partial charge in [-0.2, -0.15) is 0 Å². The molecule has 0 saturated carbocycles. The zero-order chi connectivity index (χ0) is 17.2. The fourth-order valence-electron chi connectivity index (χ4n) is 2.40. The van der Waals surface area contributed by atoms with Gasteiger partial charge >= 0.3 is 0 Å². The first-order valence-electron chi connectivity index (χ1n) is 7.32. The van der Waals surface area contributed by atoms with E-state index in [1.165, 1.54) is 24.3 Å². The molecule has 0 spiro atoms. The largest absolute Gasteiger partial charge is 0.274 e. The normalized spacial score (nSPS) is 15.1. The highest BCUT2D eigenvalue weighted by Gasteiger charge is 2.30. The van der Waals surface area contributed by atoms with Gasteiger partial charge in [0.15, 0.2) is 0 Å². The van der Waals surface area contributed by atoms with Crippen molar-refractivity contribution in [3.05, 3.63) is 54.4 Å². The number of sulfonamides is 1. The molecule has 1 aliphatic heterocycles. The molecule has 1 N–H and O–H groups in total. The summed E-state index contributed by atoms with van der Waals surface area (Å²) in [6, 6.07) is 9.16. The van der Waals surface area contributed by atoms with Crippen molar-refractivity contribution in [2.75, 3.05) is 4.90 Å². The number of nitrogens with zero attached hydrogens (tertiary/aromatic N) is 2. The van der Waals surface area contributed by atoms with Crippen molar-refractivity contribution < 1.29 is 18.0 Å². The Morgan fingerprint density at radius 3 is 2.29 bits per heavy atom. The number of hydrogen-bond acceptors (Lipinski definition) is 5. The number of imide groups is 1. The Labute approximate surface area is 139 Å². The molecule has 0 bridgehead atoms. The van der Waals surface area contributed by atoms with Crippen molar-refractivity contribution in [2.24, 2.45) is 0 Å². The number of nitrogens with one attached hydrogen (secondary N) is 1. The van der Waals surface area contributed by atoms with E-state index in [0.717, 1.165) is 10.5 Å². The maximum absolute atomic E-state index is 12.3. The minimum absolute atomic E-state index is 0.0641. The lowest BCUT2D eigenvalue weighted by Gasteiger charge is -2.14. The quantitative estimate of drug-likeness (QED) is 0.822. The van der Waals surface area contributed by atoms with Crippen molar-refractivity contribution in [3.8, 4) is 0 Å². The Balaban J connectivity index is 1.74. The monoisotopic (exact) mass is 345 g/mol. The van der Waals surface area contributed by atoms with Gasteiger partial charge in [-0.15, -0.1) is 0 Å². The molecule has 3 rings (SSSR count). The summed E-state index contributed by atoms with van der Waals surface area (Å²) >= 11 is 0. The van der Waals surface area contributed by atoms with E-state index in [2.05, 4.69) is 9.71 Å². The number of amides is 2. The molecule has 1 saturated heterocycles. The molecule has 7 nitrogen and oxygen atoms in total. The molecule has 2 aromatic rings.